The molecule has 6 nitrogen and oxygen atoms in total. The molecule has 3 aromatic rings. The van der Waals surface area contributed by atoms with Gasteiger partial charge in [-0.15, -0.1) is 0 Å². The van der Waals surface area contributed by atoms with Crippen LogP contribution in [0.15, 0.2) is 59.1 Å². The normalized spacial score (nSPS) is 14.1. The Kier molecular flexibility index (Phi) is 5.14. The average molecular weight is 362 g/mol. The van der Waals surface area contributed by atoms with Crippen molar-refractivity contribution < 1.29 is 9.32 Å². The summed E-state index contributed by atoms with van der Waals surface area (Å²) >= 11 is 0. The van der Waals surface area contributed by atoms with Gasteiger partial charge in [0.15, 0.2) is 0 Å². The number of carbonyl (C=O) groups excluding carboxylic acids is 1. The van der Waals surface area contributed by atoms with Crippen LogP contribution in [0.3, 0.4) is 0 Å². The second-order valence-electron chi connectivity index (χ2n) is 6.69. The Morgan fingerprint density at radius 3 is 2.48 bits per heavy atom. The lowest BCUT2D eigenvalue weighted by molar-refractivity contribution is 0.0907. The molecule has 4 rings (SSSR count). The summed E-state index contributed by atoms with van der Waals surface area (Å²) in [4.78, 5) is 18.8. The van der Waals surface area contributed by atoms with Gasteiger partial charge in [-0.25, -0.2) is 0 Å². The molecule has 1 aliphatic heterocycles. The lowest BCUT2D eigenvalue weighted by Gasteiger charge is -2.28. The highest BCUT2D eigenvalue weighted by Gasteiger charge is 2.16. The van der Waals surface area contributed by atoms with Crippen molar-refractivity contribution in [2.45, 2.75) is 25.8 Å². The van der Waals surface area contributed by atoms with E-state index in [-0.39, 0.29) is 11.8 Å². The third-order valence-corrected chi connectivity index (χ3v) is 4.76. The van der Waals surface area contributed by atoms with Crippen molar-refractivity contribution in [1.82, 2.24) is 15.5 Å². The van der Waals surface area contributed by atoms with Crippen molar-refractivity contribution in [2.75, 3.05) is 18.0 Å². The number of benzene rings is 2. The third-order valence-electron chi connectivity index (χ3n) is 4.76. The topological polar surface area (TPSA) is 71.3 Å². The zero-order valence-corrected chi connectivity index (χ0v) is 15.1. The van der Waals surface area contributed by atoms with Crippen LogP contribution in [-0.2, 0) is 6.54 Å². The number of anilines is 1. The van der Waals surface area contributed by atoms with Gasteiger partial charge in [0, 0.05) is 30.9 Å². The minimum absolute atomic E-state index is 0.0268. The van der Waals surface area contributed by atoms with Gasteiger partial charge in [0.2, 0.25) is 5.82 Å². The van der Waals surface area contributed by atoms with Gasteiger partial charge in [0.1, 0.15) is 0 Å². The van der Waals surface area contributed by atoms with Gasteiger partial charge in [-0.05, 0) is 49.1 Å². The summed E-state index contributed by atoms with van der Waals surface area (Å²) < 4.78 is 5.13. The van der Waals surface area contributed by atoms with E-state index in [9.17, 15) is 4.79 Å². The smallest absolute Gasteiger partial charge is 0.316 e. The van der Waals surface area contributed by atoms with Crippen LogP contribution < -0.4 is 10.2 Å². The lowest BCUT2D eigenvalue weighted by atomic mass is 10.1. The van der Waals surface area contributed by atoms with Crippen LogP contribution in [0.5, 0.6) is 0 Å². The Morgan fingerprint density at radius 2 is 1.74 bits per heavy atom. The van der Waals surface area contributed by atoms with E-state index in [0.29, 0.717) is 12.4 Å². The number of rotatable bonds is 5. The average Bonchev–Trinajstić information content (AvgIpc) is 3.24. The molecule has 0 radical (unpaired) electrons. The Morgan fingerprint density at radius 1 is 1.00 bits per heavy atom. The minimum Gasteiger partial charge on any atom is -0.372 e. The van der Waals surface area contributed by atoms with Crippen molar-refractivity contribution in [3.63, 3.8) is 0 Å². The van der Waals surface area contributed by atoms with Gasteiger partial charge in [-0.1, -0.05) is 35.5 Å². The summed E-state index contributed by atoms with van der Waals surface area (Å²) in [6.07, 6.45) is 3.80. The highest BCUT2D eigenvalue weighted by Crippen LogP contribution is 2.23. The molecular formula is C21H22N4O2. The quantitative estimate of drug-likeness (QED) is 0.750. The number of aromatic nitrogens is 2. The van der Waals surface area contributed by atoms with Crippen LogP contribution in [0, 0.1) is 0 Å². The van der Waals surface area contributed by atoms with Gasteiger partial charge in [0.25, 0.3) is 0 Å². The molecule has 138 valence electrons. The molecule has 1 aromatic heterocycles. The molecule has 27 heavy (non-hydrogen) atoms. The van der Waals surface area contributed by atoms with Crippen molar-refractivity contribution >= 4 is 11.6 Å². The minimum atomic E-state index is -0.373. The number of carbonyl (C=O) groups is 1. The van der Waals surface area contributed by atoms with Crippen LogP contribution in [0.25, 0.3) is 11.4 Å². The maximum Gasteiger partial charge on any atom is 0.316 e. The number of amides is 1. The monoisotopic (exact) mass is 362 g/mol. The molecule has 2 heterocycles. The van der Waals surface area contributed by atoms with Gasteiger partial charge >= 0.3 is 11.8 Å². The van der Waals surface area contributed by atoms with E-state index in [1.165, 1.54) is 24.9 Å². The summed E-state index contributed by atoms with van der Waals surface area (Å²) in [6, 6.07) is 17.8. The van der Waals surface area contributed by atoms with Gasteiger partial charge < -0.3 is 14.7 Å². The molecule has 6 heteroatoms. The summed E-state index contributed by atoms with van der Waals surface area (Å²) in [6.45, 7) is 2.63. The molecule has 0 bridgehead atoms. The molecule has 0 atom stereocenters. The first-order valence-corrected chi connectivity index (χ1v) is 9.31. The van der Waals surface area contributed by atoms with Crippen molar-refractivity contribution in [3.8, 4) is 11.4 Å². The summed E-state index contributed by atoms with van der Waals surface area (Å²) in [5.74, 6) is 0.0219. The number of piperidine rings is 1. The van der Waals surface area contributed by atoms with E-state index in [1.807, 2.05) is 42.5 Å². The van der Waals surface area contributed by atoms with Gasteiger partial charge in [0.05, 0.1) is 0 Å². The predicted octanol–water partition coefficient (Wildman–Crippen LogP) is 3.66. The van der Waals surface area contributed by atoms with Crippen LogP contribution >= 0.6 is 0 Å². The van der Waals surface area contributed by atoms with E-state index >= 15 is 0 Å². The van der Waals surface area contributed by atoms with Crippen LogP contribution in [0.4, 0.5) is 5.69 Å². The van der Waals surface area contributed by atoms with Crippen molar-refractivity contribution in [2.24, 2.45) is 0 Å². The highest BCUT2D eigenvalue weighted by atomic mass is 16.5. The number of nitrogens with one attached hydrogen (secondary N) is 1. The molecule has 1 saturated heterocycles. The Balaban J connectivity index is 1.40. The fourth-order valence-corrected chi connectivity index (χ4v) is 3.26. The Labute approximate surface area is 158 Å². The molecule has 2 aromatic carbocycles. The first-order valence-electron chi connectivity index (χ1n) is 9.31. The van der Waals surface area contributed by atoms with Crippen LogP contribution in [0.2, 0.25) is 0 Å². The standard InChI is InChI=1S/C21H22N4O2/c26-20(22-15-16-7-3-1-4-8-16)21-23-19(24-27-21)17-9-11-18(12-10-17)25-13-5-2-6-14-25/h1,3-4,7-12H,2,5-6,13-15H2,(H,22,26). The fourth-order valence-electron chi connectivity index (χ4n) is 3.26. The van der Waals surface area contributed by atoms with Crippen molar-refractivity contribution in [1.29, 1.82) is 0 Å². The third kappa shape index (κ3) is 4.16. The van der Waals surface area contributed by atoms with E-state index in [2.05, 4.69) is 32.5 Å². The number of hydrogen-bond acceptors (Lipinski definition) is 5. The van der Waals surface area contributed by atoms with E-state index in [4.69, 9.17) is 4.52 Å². The summed E-state index contributed by atoms with van der Waals surface area (Å²) in [7, 11) is 0. The Bertz CT molecular complexity index is 884. The second-order valence-corrected chi connectivity index (χ2v) is 6.69. The van der Waals surface area contributed by atoms with E-state index in [1.54, 1.807) is 0 Å². The highest BCUT2D eigenvalue weighted by molar-refractivity contribution is 5.89. The SMILES string of the molecule is O=C(NCc1ccccc1)c1nc(-c2ccc(N3CCCCC3)cc2)no1. The largest absolute Gasteiger partial charge is 0.372 e. The molecule has 1 aliphatic rings. The molecule has 1 fully saturated rings. The zero-order valence-electron chi connectivity index (χ0n) is 15.1. The lowest BCUT2D eigenvalue weighted by Crippen LogP contribution is -2.29. The van der Waals surface area contributed by atoms with E-state index in [0.717, 1.165) is 24.2 Å². The maximum atomic E-state index is 12.2. The summed E-state index contributed by atoms with van der Waals surface area (Å²) in [5, 5.41) is 6.73. The van der Waals surface area contributed by atoms with Crippen molar-refractivity contribution in [3.05, 3.63) is 66.1 Å². The van der Waals surface area contributed by atoms with Gasteiger partial charge in [-0.2, -0.15) is 4.98 Å². The second kappa shape index (κ2) is 8.03. The molecule has 0 unspecified atom stereocenters. The molecular weight excluding hydrogens is 340 g/mol. The van der Waals surface area contributed by atoms with Crippen LogP contribution in [-0.4, -0.2) is 29.1 Å². The van der Waals surface area contributed by atoms with E-state index < -0.39 is 0 Å². The molecule has 1 N–H and O–H groups in total. The fraction of sp³-hybridized carbons (Fsp3) is 0.286. The molecule has 0 saturated carbocycles. The molecule has 1 amide bonds. The maximum absolute atomic E-state index is 12.2. The zero-order chi connectivity index (χ0) is 18.5. The first kappa shape index (κ1) is 17.3. The molecule has 0 aliphatic carbocycles. The predicted molar refractivity (Wildman–Crippen MR) is 103 cm³/mol. The van der Waals surface area contributed by atoms with Gasteiger partial charge in [-0.3, -0.25) is 4.79 Å². The summed E-state index contributed by atoms with van der Waals surface area (Å²) in [5.41, 5.74) is 3.06. The number of hydrogen-bond donors (Lipinski definition) is 1. The first-order chi connectivity index (χ1) is 13.3. The Hall–Kier alpha value is -3.15. The van der Waals surface area contributed by atoms with Crippen LogP contribution in [0.1, 0.15) is 35.5 Å². The molecule has 0 spiro atoms. The number of nitrogens with zero attached hydrogens (tertiary/aromatic N) is 3.